The van der Waals surface area contributed by atoms with Crippen LogP contribution >= 0.6 is 24.2 Å². The van der Waals surface area contributed by atoms with Gasteiger partial charge < -0.3 is 4.74 Å². The number of alkyl halides is 1. The van der Waals surface area contributed by atoms with E-state index in [-0.39, 0.29) is 18.3 Å². The number of hydrogen-bond donors (Lipinski definition) is 1. The summed E-state index contributed by atoms with van der Waals surface area (Å²) < 4.78 is 4.56. The molecule has 1 aromatic rings. The number of hydrogen-bond acceptors (Lipinski definition) is 4. The molecule has 0 spiro atoms. The molecule has 0 saturated carbocycles. The lowest BCUT2D eigenvalue weighted by molar-refractivity contribution is -0.139. The summed E-state index contributed by atoms with van der Waals surface area (Å²) in [7, 11) is 1.32. The van der Waals surface area contributed by atoms with Crippen molar-refractivity contribution in [2.24, 2.45) is 0 Å². The Morgan fingerprint density at radius 1 is 1.62 bits per heavy atom. The van der Waals surface area contributed by atoms with Crippen LogP contribution in [0.3, 0.4) is 0 Å². The van der Waals surface area contributed by atoms with Gasteiger partial charge in [0.2, 0.25) is 0 Å². The maximum atomic E-state index is 11.1. The quantitative estimate of drug-likeness (QED) is 0.512. The zero-order valence-electron chi connectivity index (χ0n) is 8.66. The van der Waals surface area contributed by atoms with Crippen LogP contribution < -0.4 is 0 Å². The normalized spacial score (nSPS) is 9.62. The van der Waals surface area contributed by atoms with E-state index in [0.717, 1.165) is 5.56 Å². The molecule has 0 bridgehead atoms. The van der Waals surface area contributed by atoms with E-state index in [2.05, 4.69) is 17.4 Å². The molecular formula is C11H10ClNO2S. The van der Waals surface area contributed by atoms with E-state index < -0.39 is 0 Å². The van der Waals surface area contributed by atoms with Crippen LogP contribution in [0.5, 0.6) is 0 Å². The average molecular weight is 256 g/mol. The van der Waals surface area contributed by atoms with Crippen molar-refractivity contribution in [3.8, 4) is 6.07 Å². The van der Waals surface area contributed by atoms with Crippen LogP contribution in [0.25, 0.3) is 0 Å². The SMILES string of the molecule is COC(=O)Cc1cc(C#N)c(S)c(CCl)c1. The molecule has 1 aromatic carbocycles. The van der Waals surface area contributed by atoms with Gasteiger partial charge in [0.25, 0.3) is 0 Å². The highest BCUT2D eigenvalue weighted by Gasteiger charge is 2.10. The van der Waals surface area contributed by atoms with Crippen molar-refractivity contribution in [2.75, 3.05) is 7.11 Å². The molecule has 0 aliphatic rings. The largest absolute Gasteiger partial charge is 0.469 e. The van der Waals surface area contributed by atoms with Gasteiger partial charge in [-0.15, -0.1) is 24.2 Å². The number of ether oxygens (including phenoxy) is 1. The van der Waals surface area contributed by atoms with Crippen molar-refractivity contribution < 1.29 is 9.53 Å². The summed E-state index contributed by atoms with van der Waals surface area (Å²) in [6.07, 6.45) is 0.128. The first-order valence-corrected chi connectivity index (χ1v) is 5.48. The fourth-order valence-electron chi connectivity index (χ4n) is 1.29. The molecule has 0 N–H and O–H groups in total. The molecule has 1 rings (SSSR count). The van der Waals surface area contributed by atoms with E-state index in [1.54, 1.807) is 12.1 Å². The summed E-state index contributed by atoms with van der Waals surface area (Å²) >= 11 is 9.94. The highest BCUT2D eigenvalue weighted by atomic mass is 35.5. The van der Waals surface area contributed by atoms with Gasteiger partial charge in [0.05, 0.1) is 19.1 Å². The molecule has 5 heteroatoms. The molecular weight excluding hydrogens is 246 g/mol. The molecule has 0 aliphatic heterocycles. The van der Waals surface area contributed by atoms with Crippen LogP contribution in [0.4, 0.5) is 0 Å². The molecule has 0 amide bonds. The number of carbonyl (C=O) groups is 1. The molecule has 0 aliphatic carbocycles. The van der Waals surface area contributed by atoms with Crippen LogP contribution in [0.1, 0.15) is 16.7 Å². The molecule has 0 fully saturated rings. The smallest absolute Gasteiger partial charge is 0.309 e. The maximum Gasteiger partial charge on any atom is 0.309 e. The van der Waals surface area contributed by atoms with Gasteiger partial charge in [-0.25, -0.2) is 0 Å². The third-order valence-electron chi connectivity index (χ3n) is 2.09. The Morgan fingerprint density at radius 3 is 2.81 bits per heavy atom. The summed E-state index contributed by atoms with van der Waals surface area (Å²) in [5.74, 6) is -0.0981. The lowest BCUT2D eigenvalue weighted by Crippen LogP contribution is -2.05. The number of nitriles is 1. The Labute approximate surface area is 104 Å². The fraction of sp³-hybridized carbons (Fsp3) is 0.273. The molecule has 0 heterocycles. The van der Waals surface area contributed by atoms with Crippen molar-refractivity contribution in [3.63, 3.8) is 0 Å². The van der Waals surface area contributed by atoms with Gasteiger partial charge in [0.1, 0.15) is 6.07 Å². The first kappa shape index (κ1) is 12.9. The minimum Gasteiger partial charge on any atom is -0.469 e. The minimum atomic E-state index is -0.351. The molecule has 3 nitrogen and oxygen atoms in total. The first-order valence-electron chi connectivity index (χ1n) is 4.50. The third kappa shape index (κ3) is 2.91. The van der Waals surface area contributed by atoms with E-state index in [9.17, 15) is 4.79 Å². The van der Waals surface area contributed by atoms with E-state index in [1.807, 2.05) is 6.07 Å². The number of carbonyl (C=O) groups excluding carboxylic acids is 1. The Morgan fingerprint density at radius 2 is 2.31 bits per heavy atom. The van der Waals surface area contributed by atoms with E-state index in [1.165, 1.54) is 7.11 Å². The fourth-order valence-corrected chi connectivity index (χ4v) is 1.85. The molecule has 0 radical (unpaired) electrons. The predicted molar refractivity (Wildman–Crippen MR) is 63.7 cm³/mol. The van der Waals surface area contributed by atoms with Crippen LogP contribution in [0.2, 0.25) is 0 Å². The van der Waals surface area contributed by atoms with E-state index in [0.29, 0.717) is 16.0 Å². The van der Waals surface area contributed by atoms with Gasteiger partial charge in [-0.3, -0.25) is 4.79 Å². The molecule has 0 saturated heterocycles. The Hall–Kier alpha value is -1.18. The molecule has 0 unspecified atom stereocenters. The summed E-state index contributed by atoms with van der Waals surface area (Å²) in [5.41, 5.74) is 1.86. The number of rotatable bonds is 3. The van der Waals surface area contributed by atoms with Crippen molar-refractivity contribution >= 4 is 30.2 Å². The summed E-state index contributed by atoms with van der Waals surface area (Å²) in [4.78, 5) is 11.7. The third-order valence-corrected chi connectivity index (χ3v) is 2.91. The second kappa shape index (κ2) is 5.78. The van der Waals surface area contributed by atoms with Crippen molar-refractivity contribution in [3.05, 3.63) is 28.8 Å². The van der Waals surface area contributed by atoms with E-state index >= 15 is 0 Å². The van der Waals surface area contributed by atoms with Crippen LogP contribution in [-0.4, -0.2) is 13.1 Å². The number of methoxy groups -OCH3 is 1. The Kier molecular flexibility index (Phi) is 4.66. The molecule has 0 aromatic heterocycles. The monoisotopic (exact) mass is 255 g/mol. The number of halogens is 1. The predicted octanol–water partition coefficient (Wildman–Crippen LogP) is 2.30. The first-order chi connectivity index (χ1) is 7.62. The minimum absolute atomic E-state index is 0.128. The standard InChI is InChI=1S/C11H10ClNO2S/c1-15-10(14)4-7-2-8(5-12)11(16)9(3-7)6-13/h2-3,16H,4-5H2,1H3. The summed E-state index contributed by atoms with van der Waals surface area (Å²) in [6.45, 7) is 0. The van der Waals surface area contributed by atoms with Gasteiger partial charge in [-0.2, -0.15) is 5.26 Å². The molecule has 0 atom stereocenters. The van der Waals surface area contributed by atoms with Gasteiger partial charge >= 0.3 is 5.97 Å². The van der Waals surface area contributed by atoms with Crippen molar-refractivity contribution in [2.45, 2.75) is 17.2 Å². The van der Waals surface area contributed by atoms with Gasteiger partial charge in [0.15, 0.2) is 0 Å². The van der Waals surface area contributed by atoms with Gasteiger partial charge in [0, 0.05) is 10.8 Å². The summed E-state index contributed by atoms with van der Waals surface area (Å²) in [5, 5.41) is 8.90. The number of thiol groups is 1. The van der Waals surface area contributed by atoms with Crippen LogP contribution in [0, 0.1) is 11.3 Å². The Bertz CT molecular complexity index is 454. The summed E-state index contributed by atoms with van der Waals surface area (Å²) in [6, 6.07) is 5.39. The average Bonchev–Trinajstić information content (AvgIpc) is 2.30. The number of nitrogens with zero attached hydrogens (tertiary/aromatic N) is 1. The van der Waals surface area contributed by atoms with Crippen molar-refractivity contribution in [1.29, 1.82) is 5.26 Å². The zero-order valence-corrected chi connectivity index (χ0v) is 10.3. The lowest BCUT2D eigenvalue weighted by Gasteiger charge is -2.07. The second-order valence-corrected chi connectivity index (χ2v) is 3.86. The van der Waals surface area contributed by atoms with Gasteiger partial charge in [-0.1, -0.05) is 6.07 Å². The molecule has 16 heavy (non-hydrogen) atoms. The Balaban J connectivity index is 3.13. The van der Waals surface area contributed by atoms with Gasteiger partial charge in [-0.05, 0) is 17.2 Å². The van der Waals surface area contributed by atoms with Crippen molar-refractivity contribution in [1.82, 2.24) is 0 Å². The number of esters is 1. The van der Waals surface area contributed by atoms with Crippen LogP contribution in [0.15, 0.2) is 17.0 Å². The topological polar surface area (TPSA) is 50.1 Å². The molecule has 84 valence electrons. The second-order valence-electron chi connectivity index (χ2n) is 3.15. The maximum absolute atomic E-state index is 11.1. The zero-order chi connectivity index (χ0) is 12.1. The number of benzene rings is 1. The highest BCUT2D eigenvalue weighted by Crippen LogP contribution is 2.23. The lowest BCUT2D eigenvalue weighted by atomic mass is 10.0. The van der Waals surface area contributed by atoms with E-state index in [4.69, 9.17) is 16.9 Å². The highest BCUT2D eigenvalue weighted by molar-refractivity contribution is 7.80. The van der Waals surface area contributed by atoms with Crippen LogP contribution in [-0.2, 0) is 21.8 Å².